The molecule has 44 heavy (non-hydrogen) atoms. The van der Waals surface area contributed by atoms with Crippen molar-refractivity contribution in [3.05, 3.63) is 120 Å². The minimum absolute atomic E-state index is 0.0670. The van der Waals surface area contributed by atoms with Gasteiger partial charge in [0.2, 0.25) is 0 Å². The highest BCUT2D eigenvalue weighted by molar-refractivity contribution is 6.16. The maximum Gasteiger partial charge on any atom is 0.317 e. The maximum atomic E-state index is 13.4. The van der Waals surface area contributed by atoms with Crippen LogP contribution in [0.5, 0.6) is 0 Å². The molecule has 1 atom stereocenters. The normalized spacial score (nSPS) is 16.2. The minimum atomic E-state index is -0.926. The summed E-state index contributed by atoms with van der Waals surface area (Å²) in [7, 11) is 0. The van der Waals surface area contributed by atoms with E-state index in [1.807, 2.05) is 72.8 Å². The third-order valence-corrected chi connectivity index (χ3v) is 7.65. The summed E-state index contributed by atoms with van der Waals surface area (Å²) in [4.78, 5) is 31.9. The van der Waals surface area contributed by atoms with Crippen molar-refractivity contribution in [1.82, 2.24) is 34.9 Å². The number of carbonyl (C=O) groups excluding carboxylic acids is 1. The second-order valence-electron chi connectivity index (χ2n) is 10.7. The number of aliphatic imine (C=N–C) groups is 1. The number of rotatable bonds is 7. The van der Waals surface area contributed by atoms with Gasteiger partial charge in [0, 0.05) is 53.8 Å². The molecule has 2 aromatic carbocycles. The van der Waals surface area contributed by atoms with Gasteiger partial charge in [0.25, 0.3) is 5.89 Å². The first-order chi connectivity index (χ1) is 21.7. The van der Waals surface area contributed by atoms with Crippen LogP contribution in [0.4, 0.5) is 6.01 Å². The number of aromatic nitrogens is 7. The van der Waals surface area contributed by atoms with Gasteiger partial charge in [0.1, 0.15) is 11.5 Å². The Morgan fingerprint density at radius 3 is 2.41 bits per heavy atom. The average molecular weight is 580 g/mol. The molecule has 2 aliphatic rings. The number of hydrogen-bond acceptors (Lipinski definition) is 10. The quantitative estimate of drug-likeness (QED) is 0.275. The third kappa shape index (κ3) is 4.94. The molecule has 1 aliphatic heterocycles. The van der Waals surface area contributed by atoms with Crippen molar-refractivity contribution < 1.29 is 9.21 Å². The maximum absolute atomic E-state index is 13.4. The van der Waals surface area contributed by atoms with Crippen molar-refractivity contribution in [3.8, 4) is 28.5 Å². The van der Waals surface area contributed by atoms with Crippen molar-refractivity contribution in [2.75, 3.05) is 5.32 Å². The van der Waals surface area contributed by atoms with E-state index in [-0.39, 0.29) is 24.1 Å². The van der Waals surface area contributed by atoms with Gasteiger partial charge in [-0.05, 0) is 30.5 Å². The highest BCUT2D eigenvalue weighted by Gasteiger charge is 2.29. The van der Waals surface area contributed by atoms with Gasteiger partial charge >= 0.3 is 6.01 Å². The topological polar surface area (TPSA) is 137 Å². The molecule has 0 bridgehead atoms. The van der Waals surface area contributed by atoms with Crippen LogP contribution in [0.3, 0.4) is 0 Å². The first-order valence-electron chi connectivity index (χ1n) is 14.4. The van der Waals surface area contributed by atoms with Crippen molar-refractivity contribution in [2.45, 2.75) is 31.3 Å². The van der Waals surface area contributed by atoms with Gasteiger partial charge in [-0.1, -0.05) is 65.8 Å². The number of fused-ring (bicyclic) bond motifs is 1. The number of pyridine rings is 1. The predicted molar refractivity (Wildman–Crippen MR) is 162 cm³/mol. The standard InChI is InChI=1S/C33H25N9O2/c43-26-16-22-10-4-5-11-24(22)28(20-8-2-1-3-9-20)37-31(26)38-33-40-39-32(44-33)25-19-42(27-12-6-7-15-34-27)41-29(25)23-17-35-30(36-18-23)21-13-14-21/h1-12,15,17-19,21,31H,13-14,16H2,(H,38,40)/t31-/m1/s1. The summed E-state index contributed by atoms with van der Waals surface area (Å²) in [5, 5.41) is 16.4. The fourth-order valence-corrected chi connectivity index (χ4v) is 5.27. The third-order valence-electron chi connectivity index (χ3n) is 7.65. The summed E-state index contributed by atoms with van der Waals surface area (Å²) >= 11 is 0. The molecule has 1 N–H and O–H groups in total. The molecule has 0 unspecified atom stereocenters. The lowest BCUT2D eigenvalue weighted by Crippen LogP contribution is -2.29. The van der Waals surface area contributed by atoms with Crippen LogP contribution in [0.2, 0.25) is 0 Å². The zero-order chi connectivity index (χ0) is 29.5. The van der Waals surface area contributed by atoms with Crippen LogP contribution in [-0.4, -0.2) is 52.6 Å². The summed E-state index contributed by atoms with van der Waals surface area (Å²) in [6.07, 6.45) is 8.54. The van der Waals surface area contributed by atoms with Gasteiger partial charge in [-0.3, -0.25) is 9.79 Å². The van der Waals surface area contributed by atoms with Crippen molar-refractivity contribution >= 4 is 17.5 Å². The first kappa shape index (κ1) is 25.8. The Hall–Kier alpha value is -5.84. The van der Waals surface area contributed by atoms with E-state index in [2.05, 4.69) is 30.5 Å². The summed E-state index contributed by atoms with van der Waals surface area (Å²) in [6, 6.07) is 23.3. The minimum Gasteiger partial charge on any atom is -0.403 e. The molecule has 0 amide bonds. The highest BCUT2D eigenvalue weighted by atomic mass is 16.4. The van der Waals surface area contributed by atoms with Crippen LogP contribution < -0.4 is 5.32 Å². The lowest BCUT2D eigenvalue weighted by atomic mass is 9.96. The molecule has 1 aliphatic carbocycles. The van der Waals surface area contributed by atoms with Gasteiger partial charge in [0.15, 0.2) is 17.8 Å². The van der Waals surface area contributed by atoms with Crippen LogP contribution in [0, 0.1) is 0 Å². The Morgan fingerprint density at radius 2 is 1.61 bits per heavy atom. The number of nitrogens with zero attached hydrogens (tertiary/aromatic N) is 8. The summed E-state index contributed by atoms with van der Waals surface area (Å²) < 4.78 is 7.75. The Labute approximate surface area is 251 Å². The first-order valence-corrected chi connectivity index (χ1v) is 14.4. The largest absolute Gasteiger partial charge is 0.403 e. The summed E-state index contributed by atoms with van der Waals surface area (Å²) in [6.45, 7) is 0. The van der Waals surface area contributed by atoms with Crippen LogP contribution >= 0.6 is 0 Å². The molecular formula is C33H25N9O2. The fourth-order valence-electron chi connectivity index (χ4n) is 5.27. The predicted octanol–water partition coefficient (Wildman–Crippen LogP) is 5.05. The van der Waals surface area contributed by atoms with Gasteiger partial charge in [0.05, 0.1) is 11.3 Å². The molecule has 4 aromatic heterocycles. The summed E-state index contributed by atoms with van der Waals surface area (Å²) in [5.41, 5.74) is 5.32. The van der Waals surface area contributed by atoms with Gasteiger partial charge < -0.3 is 9.73 Å². The SMILES string of the molecule is O=C1Cc2ccccc2C(c2ccccc2)=N[C@@H]1Nc1nnc(-c2cn(-c3ccccn3)nc2-c2cnc(C3CC3)nc2)o1. The van der Waals surface area contributed by atoms with E-state index >= 15 is 0 Å². The lowest BCUT2D eigenvalue weighted by Gasteiger charge is -2.11. The van der Waals surface area contributed by atoms with E-state index < -0.39 is 6.17 Å². The number of Topliss-reactive ketones (excluding diaryl/α,β-unsaturated/α-hetero) is 1. The zero-order valence-corrected chi connectivity index (χ0v) is 23.4. The van der Waals surface area contributed by atoms with Crippen molar-refractivity contribution in [3.63, 3.8) is 0 Å². The van der Waals surface area contributed by atoms with Gasteiger partial charge in [-0.25, -0.2) is 19.6 Å². The Kier molecular flexibility index (Phi) is 6.33. The van der Waals surface area contributed by atoms with E-state index in [9.17, 15) is 4.79 Å². The van der Waals surface area contributed by atoms with Crippen molar-refractivity contribution in [1.29, 1.82) is 0 Å². The van der Waals surface area contributed by atoms with Crippen LogP contribution in [0.1, 0.15) is 41.3 Å². The Morgan fingerprint density at radius 1 is 0.818 bits per heavy atom. The molecule has 1 saturated carbocycles. The van der Waals surface area contributed by atoms with E-state index in [0.29, 0.717) is 28.6 Å². The van der Waals surface area contributed by atoms with E-state index in [0.717, 1.165) is 41.1 Å². The highest BCUT2D eigenvalue weighted by Crippen LogP contribution is 2.38. The molecule has 5 heterocycles. The van der Waals surface area contributed by atoms with Crippen molar-refractivity contribution in [2.24, 2.45) is 4.99 Å². The molecule has 0 saturated heterocycles. The Balaban J connectivity index is 1.15. The molecular weight excluding hydrogens is 554 g/mol. The number of nitrogens with one attached hydrogen (secondary N) is 1. The monoisotopic (exact) mass is 579 g/mol. The molecule has 11 heteroatoms. The molecule has 1 fully saturated rings. The van der Waals surface area contributed by atoms with Crippen LogP contribution in [0.25, 0.3) is 28.5 Å². The second kappa shape index (κ2) is 10.8. The molecule has 11 nitrogen and oxygen atoms in total. The van der Waals surface area contributed by atoms with Crippen LogP contribution in [-0.2, 0) is 11.2 Å². The Bertz CT molecular complexity index is 2000. The fraction of sp³-hybridized carbons (Fsp3) is 0.152. The molecule has 8 rings (SSSR count). The number of benzene rings is 2. The van der Waals surface area contributed by atoms with E-state index in [1.54, 1.807) is 29.5 Å². The van der Waals surface area contributed by atoms with E-state index in [4.69, 9.17) is 14.5 Å². The average Bonchev–Trinajstić information content (AvgIpc) is 3.70. The number of hydrogen-bond donors (Lipinski definition) is 1. The number of carbonyl (C=O) groups is 1. The number of ketones is 1. The van der Waals surface area contributed by atoms with Gasteiger partial charge in [-0.2, -0.15) is 5.10 Å². The lowest BCUT2D eigenvalue weighted by molar-refractivity contribution is -0.119. The van der Waals surface area contributed by atoms with Gasteiger partial charge in [-0.15, -0.1) is 5.10 Å². The molecule has 6 aromatic rings. The number of anilines is 1. The summed E-state index contributed by atoms with van der Waals surface area (Å²) in [5.74, 6) is 2.00. The zero-order valence-electron chi connectivity index (χ0n) is 23.4. The second-order valence-corrected chi connectivity index (χ2v) is 10.7. The van der Waals surface area contributed by atoms with E-state index in [1.165, 1.54) is 0 Å². The molecule has 0 radical (unpaired) electrons. The molecule has 0 spiro atoms. The van der Waals surface area contributed by atoms with Crippen LogP contribution in [0.15, 0.2) is 107 Å². The smallest absolute Gasteiger partial charge is 0.317 e. The molecule has 214 valence electrons.